The van der Waals surface area contributed by atoms with Gasteiger partial charge in [0, 0.05) is 30.7 Å². The molecular formula is C17H23N3O. The molecule has 0 spiro atoms. The van der Waals surface area contributed by atoms with Gasteiger partial charge in [0.15, 0.2) is 0 Å². The number of hydrogen-bond donors (Lipinski definition) is 1. The second-order valence-corrected chi connectivity index (χ2v) is 5.67. The lowest BCUT2D eigenvalue weighted by atomic mass is 10.0. The molecule has 1 aliphatic rings. The van der Waals surface area contributed by atoms with Crippen molar-refractivity contribution < 1.29 is 4.74 Å². The van der Waals surface area contributed by atoms with Crippen LogP contribution in [0.2, 0.25) is 0 Å². The van der Waals surface area contributed by atoms with E-state index in [1.807, 2.05) is 23.1 Å². The zero-order chi connectivity index (χ0) is 14.5. The molecule has 0 radical (unpaired) electrons. The maximum atomic E-state index is 5.74. The second-order valence-electron chi connectivity index (χ2n) is 5.67. The van der Waals surface area contributed by atoms with Crippen LogP contribution in [-0.4, -0.2) is 28.5 Å². The van der Waals surface area contributed by atoms with E-state index < -0.39 is 0 Å². The van der Waals surface area contributed by atoms with E-state index in [0.717, 1.165) is 32.4 Å². The summed E-state index contributed by atoms with van der Waals surface area (Å²) in [5, 5.41) is 7.91. The highest BCUT2D eigenvalue weighted by Crippen LogP contribution is 2.21. The number of nitrogens with one attached hydrogen (secondary N) is 1. The predicted molar refractivity (Wildman–Crippen MR) is 84.4 cm³/mol. The van der Waals surface area contributed by atoms with Crippen LogP contribution in [-0.2, 0) is 11.3 Å². The summed E-state index contributed by atoms with van der Waals surface area (Å²) in [6.45, 7) is 3.87. The zero-order valence-corrected chi connectivity index (χ0v) is 12.5. The van der Waals surface area contributed by atoms with Crippen molar-refractivity contribution >= 4 is 5.69 Å². The molecule has 2 atom stereocenters. The standard InChI is InChI=1S/C17H23N3O/c1-2-17-12-16(7-10-21-17)19-15-6-3-5-14(11-15)13-20-9-4-8-18-20/h3-6,8-9,11,16-17,19H,2,7,10,12-13H2,1H3. The third-order valence-corrected chi connectivity index (χ3v) is 4.02. The van der Waals surface area contributed by atoms with Crippen LogP contribution in [0.3, 0.4) is 0 Å². The quantitative estimate of drug-likeness (QED) is 0.916. The Kier molecular flexibility index (Phi) is 4.55. The van der Waals surface area contributed by atoms with E-state index in [2.05, 4.69) is 41.6 Å². The van der Waals surface area contributed by atoms with Crippen LogP contribution in [0.4, 0.5) is 5.69 Å². The summed E-state index contributed by atoms with van der Waals surface area (Å²) in [7, 11) is 0. The normalized spacial score (nSPS) is 22.1. The van der Waals surface area contributed by atoms with Gasteiger partial charge in [0.1, 0.15) is 0 Å². The van der Waals surface area contributed by atoms with Crippen molar-refractivity contribution in [3.63, 3.8) is 0 Å². The first kappa shape index (κ1) is 14.1. The number of nitrogens with zero attached hydrogens (tertiary/aromatic N) is 2. The lowest BCUT2D eigenvalue weighted by molar-refractivity contribution is 0.00926. The molecule has 1 aromatic heterocycles. The molecule has 0 saturated carbocycles. The number of hydrogen-bond acceptors (Lipinski definition) is 3. The number of anilines is 1. The van der Waals surface area contributed by atoms with E-state index in [1.165, 1.54) is 11.3 Å². The summed E-state index contributed by atoms with van der Waals surface area (Å²) in [5.74, 6) is 0. The monoisotopic (exact) mass is 285 g/mol. The molecular weight excluding hydrogens is 262 g/mol. The molecule has 0 bridgehead atoms. The molecule has 3 rings (SSSR count). The highest BCUT2D eigenvalue weighted by atomic mass is 16.5. The van der Waals surface area contributed by atoms with Gasteiger partial charge in [0.2, 0.25) is 0 Å². The summed E-state index contributed by atoms with van der Waals surface area (Å²) in [6, 6.07) is 11.1. The molecule has 1 N–H and O–H groups in total. The van der Waals surface area contributed by atoms with E-state index in [-0.39, 0.29) is 0 Å². The van der Waals surface area contributed by atoms with Crippen LogP contribution >= 0.6 is 0 Å². The fourth-order valence-electron chi connectivity index (χ4n) is 2.87. The fourth-order valence-corrected chi connectivity index (χ4v) is 2.87. The Morgan fingerprint density at radius 2 is 2.33 bits per heavy atom. The van der Waals surface area contributed by atoms with Gasteiger partial charge in [-0.1, -0.05) is 19.1 Å². The molecule has 21 heavy (non-hydrogen) atoms. The first-order valence-electron chi connectivity index (χ1n) is 7.78. The van der Waals surface area contributed by atoms with E-state index in [1.54, 1.807) is 0 Å². The SMILES string of the molecule is CCC1CC(Nc2cccc(Cn3cccn3)c2)CCO1. The van der Waals surface area contributed by atoms with Crippen molar-refractivity contribution in [3.05, 3.63) is 48.3 Å². The Hall–Kier alpha value is -1.81. The number of rotatable bonds is 5. The number of benzene rings is 1. The fraction of sp³-hybridized carbons (Fsp3) is 0.471. The van der Waals surface area contributed by atoms with Gasteiger partial charge >= 0.3 is 0 Å². The van der Waals surface area contributed by atoms with Crippen molar-refractivity contribution in [3.8, 4) is 0 Å². The molecule has 1 aromatic carbocycles. The summed E-state index contributed by atoms with van der Waals surface area (Å²) in [4.78, 5) is 0. The topological polar surface area (TPSA) is 39.1 Å². The van der Waals surface area contributed by atoms with Crippen LogP contribution in [0, 0.1) is 0 Å². The van der Waals surface area contributed by atoms with Crippen LogP contribution in [0.5, 0.6) is 0 Å². The maximum absolute atomic E-state index is 5.74. The Morgan fingerprint density at radius 3 is 3.14 bits per heavy atom. The van der Waals surface area contributed by atoms with Crippen molar-refractivity contribution in [2.75, 3.05) is 11.9 Å². The van der Waals surface area contributed by atoms with Crippen LogP contribution in [0.25, 0.3) is 0 Å². The highest BCUT2D eigenvalue weighted by molar-refractivity contribution is 5.46. The molecule has 4 heteroatoms. The molecule has 1 saturated heterocycles. The van der Waals surface area contributed by atoms with Gasteiger partial charge < -0.3 is 10.1 Å². The van der Waals surface area contributed by atoms with E-state index in [9.17, 15) is 0 Å². The molecule has 2 unspecified atom stereocenters. The van der Waals surface area contributed by atoms with Crippen molar-refractivity contribution in [1.82, 2.24) is 9.78 Å². The smallest absolute Gasteiger partial charge is 0.0660 e. The van der Waals surface area contributed by atoms with E-state index in [0.29, 0.717) is 12.1 Å². The van der Waals surface area contributed by atoms with Gasteiger partial charge in [0.05, 0.1) is 12.6 Å². The molecule has 2 heterocycles. The molecule has 1 aliphatic heterocycles. The lowest BCUT2D eigenvalue weighted by Gasteiger charge is -2.30. The molecule has 1 fully saturated rings. The number of ether oxygens (including phenoxy) is 1. The van der Waals surface area contributed by atoms with Crippen molar-refractivity contribution in [2.45, 2.75) is 44.9 Å². The summed E-state index contributed by atoms with van der Waals surface area (Å²) in [6.07, 6.45) is 7.49. The summed E-state index contributed by atoms with van der Waals surface area (Å²) in [5.41, 5.74) is 2.46. The Bertz CT molecular complexity index is 553. The first-order chi connectivity index (χ1) is 10.3. The largest absolute Gasteiger partial charge is 0.382 e. The van der Waals surface area contributed by atoms with Crippen molar-refractivity contribution in [2.24, 2.45) is 0 Å². The minimum atomic E-state index is 0.406. The number of aromatic nitrogens is 2. The summed E-state index contributed by atoms with van der Waals surface area (Å²) < 4.78 is 7.68. The Morgan fingerprint density at radius 1 is 1.38 bits per heavy atom. The van der Waals surface area contributed by atoms with Crippen LogP contribution in [0.15, 0.2) is 42.7 Å². The van der Waals surface area contributed by atoms with Gasteiger partial charge in [0.25, 0.3) is 0 Å². The first-order valence-corrected chi connectivity index (χ1v) is 7.78. The molecule has 112 valence electrons. The van der Waals surface area contributed by atoms with Crippen LogP contribution in [0.1, 0.15) is 31.7 Å². The predicted octanol–water partition coefficient (Wildman–Crippen LogP) is 3.30. The summed E-state index contributed by atoms with van der Waals surface area (Å²) >= 11 is 0. The minimum Gasteiger partial charge on any atom is -0.382 e. The average Bonchev–Trinajstić information content (AvgIpc) is 3.01. The van der Waals surface area contributed by atoms with Gasteiger partial charge in [-0.3, -0.25) is 4.68 Å². The molecule has 0 amide bonds. The van der Waals surface area contributed by atoms with Gasteiger partial charge in [-0.15, -0.1) is 0 Å². The van der Waals surface area contributed by atoms with E-state index in [4.69, 9.17) is 4.74 Å². The molecule has 2 aromatic rings. The maximum Gasteiger partial charge on any atom is 0.0660 e. The highest BCUT2D eigenvalue weighted by Gasteiger charge is 2.20. The average molecular weight is 285 g/mol. The van der Waals surface area contributed by atoms with Gasteiger partial charge in [-0.05, 0) is 43.0 Å². The third kappa shape index (κ3) is 3.85. The zero-order valence-electron chi connectivity index (χ0n) is 12.5. The lowest BCUT2D eigenvalue weighted by Crippen LogP contribution is -2.33. The van der Waals surface area contributed by atoms with Gasteiger partial charge in [-0.25, -0.2) is 0 Å². The van der Waals surface area contributed by atoms with Crippen LogP contribution < -0.4 is 5.32 Å². The third-order valence-electron chi connectivity index (χ3n) is 4.02. The van der Waals surface area contributed by atoms with Crippen molar-refractivity contribution in [1.29, 1.82) is 0 Å². The Balaban J connectivity index is 1.63. The van der Waals surface area contributed by atoms with E-state index >= 15 is 0 Å². The minimum absolute atomic E-state index is 0.406. The Labute approximate surface area is 126 Å². The second kappa shape index (κ2) is 6.76. The van der Waals surface area contributed by atoms with Gasteiger partial charge in [-0.2, -0.15) is 5.10 Å². The molecule has 0 aliphatic carbocycles. The molecule has 4 nitrogen and oxygen atoms in total.